The Bertz CT molecular complexity index is 992. The Balaban J connectivity index is 1.83. The van der Waals surface area contributed by atoms with Crippen molar-refractivity contribution in [3.05, 3.63) is 63.5 Å². The van der Waals surface area contributed by atoms with Crippen LogP contribution in [0.5, 0.6) is 11.5 Å². The Morgan fingerprint density at radius 2 is 2.00 bits per heavy atom. The summed E-state index contributed by atoms with van der Waals surface area (Å²) in [5.41, 5.74) is 3.57. The number of hydrogen-bond acceptors (Lipinski definition) is 6. The van der Waals surface area contributed by atoms with Crippen LogP contribution < -0.4 is 14.9 Å². The summed E-state index contributed by atoms with van der Waals surface area (Å²) >= 11 is 12.2. The molecule has 1 aliphatic heterocycles. The molecule has 0 aliphatic carbocycles. The quantitative estimate of drug-likeness (QED) is 0.525. The van der Waals surface area contributed by atoms with Crippen molar-refractivity contribution in [2.75, 3.05) is 13.7 Å². The van der Waals surface area contributed by atoms with Crippen molar-refractivity contribution in [1.82, 2.24) is 10.4 Å². The van der Waals surface area contributed by atoms with E-state index in [1.807, 2.05) is 13.0 Å². The molecule has 2 aromatic carbocycles. The minimum Gasteiger partial charge on any atom is -0.493 e. The highest BCUT2D eigenvalue weighted by atomic mass is 35.5. The van der Waals surface area contributed by atoms with Gasteiger partial charge in [-0.3, -0.25) is 15.0 Å². The van der Waals surface area contributed by atoms with Crippen molar-refractivity contribution < 1.29 is 19.1 Å². The van der Waals surface area contributed by atoms with Crippen molar-refractivity contribution in [2.24, 2.45) is 0 Å². The number of amides is 2. The molecule has 2 aromatic rings. The van der Waals surface area contributed by atoms with Crippen LogP contribution in [0.1, 0.15) is 22.8 Å². The molecule has 0 radical (unpaired) electrons. The first-order chi connectivity index (χ1) is 13.9. The van der Waals surface area contributed by atoms with Gasteiger partial charge in [0.25, 0.3) is 11.8 Å². The van der Waals surface area contributed by atoms with Crippen LogP contribution in [0, 0.1) is 0 Å². The van der Waals surface area contributed by atoms with E-state index in [9.17, 15) is 9.59 Å². The van der Waals surface area contributed by atoms with Crippen LogP contribution in [-0.4, -0.2) is 34.9 Å². The van der Waals surface area contributed by atoms with E-state index >= 15 is 0 Å². The van der Waals surface area contributed by atoms with Crippen LogP contribution in [0.4, 0.5) is 0 Å². The summed E-state index contributed by atoms with van der Waals surface area (Å²) in [5.74, 6) is 0.211. The first kappa shape index (κ1) is 21.2. The highest BCUT2D eigenvalue weighted by Crippen LogP contribution is 2.37. The molecule has 1 aliphatic rings. The molecule has 1 heterocycles. The number of carbonyl (C=O) groups excluding carboxylic acids is 2. The summed E-state index contributed by atoms with van der Waals surface area (Å²) in [6.07, 6.45) is 1.67. The lowest BCUT2D eigenvalue weighted by Crippen LogP contribution is -2.44. The van der Waals surface area contributed by atoms with E-state index < -0.39 is 11.8 Å². The zero-order valence-electron chi connectivity index (χ0n) is 15.6. The zero-order valence-corrected chi connectivity index (χ0v) is 18.0. The van der Waals surface area contributed by atoms with E-state index in [1.165, 1.54) is 0 Å². The number of carbonyl (C=O) groups is 2. The number of nitrogens with zero attached hydrogens (tertiary/aromatic N) is 1. The maximum Gasteiger partial charge on any atom is 0.285 e. The Morgan fingerprint density at radius 1 is 1.28 bits per heavy atom. The summed E-state index contributed by atoms with van der Waals surface area (Å²) in [4.78, 5) is 25.6. The van der Waals surface area contributed by atoms with Crippen LogP contribution in [0.3, 0.4) is 0 Å². The molecule has 1 N–H and O–H groups in total. The van der Waals surface area contributed by atoms with Gasteiger partial charge in [-0.15, -0.1) is 0 Å². The summed E-state index contributed by atoms with van der Waals surface area (Å²) in [7, 11) is 1.55. The van der Waals surface area contributed by atoms with Crippen molar-refractivity contribution in [2.45, 2.75) is 6.92 Å². The normalized spacial score (nSPS) is 15.0. The van der Waals surface area contributed by atoms with Crippen LogP contribution in [0.15, 0.2) is 47.4 Å². The van der Waals surface area contributed by atoms with Crippen molar-refractivity contribution in [3.63, 3.8) is 0 Å². The predicted molar refractivity (Wildman–Crippen MR) is 118 cm³/mol. The van der Waals surface area contributed by atoms with E-state index in [-0.39, 0.29) is 4.32 Å². The average molecular weight is 449 g/mol. The van der Waals surface area contributed by atoms with Gasteiger partial charge in [-0.2, -0.15) is 5.01 Å². The predicted octanol–water partition coefficient (Wildman–Crippen LogP) is 4.29. The van der Waals surface area contributed by atoms with Crippen molar-refractivity contribution >= 4 is 57.8 Å². The van der Waals surface area contributed by atoms with Gasteiger partial charge in [0, 0.05) is 16.1 Å². The summed E-state index contributed by atoms with van der Waals surface area (Å²) < 4.78 is 11.2. The third kappa shape index (κ3) is 4.72. The molecule has 6 nitrogen and oxygen atoms in total. The van der Waals surface area contributed by atoms with Crippen molar-refractivity contribution in [3.8, 4) is 11.5 Å². The molecule has 2 amide bonds. The number of hydrogen-bond donors (Lipinski definition) is 1. The number of thioether (sulfide) groups is 1. The third-order valence-electron chi connectivity index (χ3n) is 3.92. The molecular weight excluding hydrogens is 432 g/mol. The lowest BCUT2D eigenvalue weighted by Gasteiger charge is -2.15. The number of para-hydroxylation sites is 1. The standard InChI is InChI=1S/C20H17ClN2O4S2/c1-3-27-17-13(5-4-6-15(17)26-2)11-16-19(25)23(20(28)29-16)22-18(24)12-7-9-14(21)10-8-12/h4-11H,3H2,1-2H3,(H,22,24)/b16-11+. The highest BCUT2D eigenvalue weighted by molar-refractivity contribution is 8.26. The second-order valence-corrected chi connectivity index (χ2v) is 7.89. The van der Waals surface area contributed by atoms with Gasteiger partial charge in [-0.05, 0) is 55.5 Å². The SMILES string of the molecule is CCOc1c(/C=C2/SC(=S)N(NC(=O)c3ccc(Cl)cc3)C2=O)cccc1OC. The molecular formula is C20H17ClN2O4S2. The Labute approximate surface area is 182 Å². The molecule has 0 unspecified atom stereocenters. The number of ether oxygens (including phenoxy) is 2. The molecule has 3 rings (SSSR count). The molecule has 0 saturated carbocycles. The van der Waals surface area contributed by atoms with Gasteiger partial charge in [0.05, 0.1) is 18.6 Å². The van der Waals surface area contributed by atoms with Gasteiger partial charge in [0.2, 0.25) is 0 Å². The molecule has 1 fully saturated rings. The smallest absolute Gasteiger partial charge is 0.285 e. The van der Waals surface area contributed by atoms with Gasteiger partial charge in [-0.1, -0.05) is 35.5 Å². The lowest BCUT2D eigenvalue weighted by atomic mass is 10.1. The fourth-order valence-electron chi connectivity index (χ4n) is 2.58. The summed E-state index contributed by atoms with van der Waals surface area (Å²) in [6.45, 7) is 2.31. The minimum absolute atomic E-state index is 0.226. The summed E-state index contributed by atoms with van der Waals surface area (Å²) in [6, 6.07) is 11.7. The molecule has 29 heavy (non-hydrogen) atoms. The average Bonchev–Trinajstić information content (AvgIpc) is 2.97. The van der Waals surface area contributed by atoms with Gasteiger partial charge in [0.15, 0.2) is 15.8 Å². The van der Waals surface area contributed by atoms with Crippen LogP contribution in [-0.2, 0) is 4.79 Å². The second-order valence-electron chi connectivity index (χ2n) is 5.78. The largest absolute Gasteiger partial charge is 0.493 e. The number of rotatable bonds is 6. The lowest BCUT2D eigenvalue weighted by molar-refractivity contribution is -0.123. The first-order valence-electron chi connectivity index (χ1n) is 8.59. The first-order valence-corrected chi connectivity index (χ1v) is 10.2. The molecule has 150 valence electrons. The monoisotopic (exact) mass is 448 g/mol. The number of thiocarbonyl (C=S) groups is 1. The topological polar surface area (TPSA) is 67.9 Å². The molecule has 0 spiro atoms. The highest BCUT2D eigenvalue weighted by Gasteiger charge is 2.34. The van der Waals surface area contributed by atoms with Crippen LogP contribution >= 0.6 is 35.6 Å². The number of halogens is 1. The van der Waals surface area contributed by atoms with Gasteiger partial charge >= 0.3 is 0 Å². The number of benzene rings is 2. The Kier molecular flexibility index (Phi) is 6.79. The molecule has 0 atom stereocenters. The zero-order chi connectivity index (χ0) is 21.0. The van der Waals surface area contributed by atoms with Crippen molar-refractivity contribution in [1.29, 1.82) is 0 Å². The number of nitrogens with one attached hydrogen (secondary N) is 1. The second kappa shape index (κ2) is 9.30. The van der Waals surface area contributed by atoms with Gasteiger partial charge < -0.3 is 9.47 Å². The number of hydrazine groups is 1. The van der Waals surface area contributed by atoms with E-state index in [2.05, 4.69) is 5.43 Å². The fraction of sp³-hybridized carbons (Fsp3) is 0.150. The van der Waals surface area contributed by atoms with Gasteiger partial charge in [-0.25, -0.2) is 0 Å². The van der Waals surface area contributed by atoms with Crippen LogP contribution in [0.2, 0.25) is 5.02 Å². The van der Waals surface area contributed by atoms with Crippen LogP contribution in [0.25, 0.3) is 6.08 Å². The third-order valence-corrected chi connectivity index (χ3v) is 5.47. The number of methoxy groups -OCH3 is 1. The molecule has 0 bridgehead atoms. The minimum atomic E-state index is -0.462. The fourth-order valence-corrected chi connectivity index (χ4v) is 3.88. The Hall–Kier alpha value is -2.55. The summed E-state index contributed by atoms with van der Waals surface area (Å²) in [5, 5.41) is 1.57. The maximum atomic E-state index is 12.8. The van der Waals surface area contributed by atoms with E-state index in [0.717, 1.165) is 16.8 Å². The molecule has 9 heteroatoms. The molecule has 0 aromatic heterocycles. The van der Waals surface area contributed by atoms with Gasteiger partial charge in [0.1, 0.15) is 0 Å². The van der Waals surface area contributed by atoms with E-state index in [4.69, 9.17) is 33.3 Å². The molecule has 1 saturated heterocycles. The van der Waals surface area contributed by atoms with E-state index in [1.54, 1.807) is 49.6 Å². The Morgan fingerprint density at radius 3 is 2.66 bits per heavy atom. The maximum absolute atomic E-state index is 12.8. The van der Waals surface area contributed by atoms with E-state index in [0.29, 0.717) is 39.2 Å².